The van der Waals surface area contributed by atoms with Gasteiger partial charge in [-0.3, -0.25) is 0 Å². The van der Waals surface area contributed by atoms with Crippen LogP contribution in [-0.2, 0) is 5.75 Å². The van der Waals surface area contributed by atoms with E-state index in [0.717, 1.165) is 38.6 Å². The first-order chi connectivity index (χ1) is 16.8. The Bertz CT molecular complexity index is 1680. The van der Waals surface area contributed by atoms with Gasteiger partial charge in [-0.05, 0) is 29.8 Å². The van der Waals surface area contributed by atoms with Gasteiger partial charge in [0.25, 0.3) is 11.1 Å². The van der Waals surface area contributed by atoms with Gasteiger partial charge in [-0.1, -0.05) is 72.4 Å². The zero-order valence-electron chi connectivity index (χ0n) is 17.9. The summed E-state index contributed by atoms with van der Waals surface area (Å²) < 4.78 is 5.98. The lowest BCUT2D eigenvalue weighted by atomic mass is 10.1. The molecule has 0 bridgehead atoms. The third-order valence-corrected chi connectivity index (χ3v) is 6.48. The molecule has 3 heterocycles. The minimum Gasteiger partial charge on any atom is -0.410 e. The van der Waals surface area contributed by atoms with E-state index < -0.39 is 0 Å². The van der Waals surface area contributed by atoms with Crippen LogP contribution >= 0.6 is 11.8 Å². The van der Waals surface area contributed by atoms with Crippen LogP contribution < -0.4 is 0 Å². The maximum atomic E-state index is 9.10. The van der Waals surface area contributed by atoms with Crippen LogP contribution in [0.3, 0.4) is 0 Å². The number of hydrogen-bond acceptors (Lipinski definition) is 6. The number of thioether (sulfide) groups is 1. The second-order valence-corrected chi connectivity index (χ2v) is 8.72. The van der Waals surface area contributed by atoms with Gasteiger partial charge in [0.2, 0.25) is 0 Å². The first-order valence-electron chi connectivity index (χ1n) is 10.7. The Morgan fingerprint density at radius 3 is 2.62 bits per heavy atom. The first kappa shape index (κ1) is 20.2. The van der Waals surface area contributed by atoms with Gasteiger partial charge in [0.05, 0.1) is 22.8 Å². The molecule has 0 saturated carbocycles. The van der Waals surface area contributed by atoms with E-state index in [0.29, 0.717) is 28.1 Å². The Morgan fingerprint density at radius 2 is 1.74 bits per heavy atom. The lowest BCUT2D eigenvalue weighted by Crippen LogP contribution is -1.90. The van der Waals surface area contributed by atoms with Crippen molar-refractivity contribution < 1.29 is 4.42 Å². The molecule has 6 aromatic rings. The summed E-state index contributed by atoms with van der Waals surface area (Å²) in [5.41, 5.74) is 6.15. The Balaban J connectivity index is 1.40. The Labute approximate surface area is 199 Å². The van der Waals surface area contributed by atoms with Crippen LogP contribution in [0, 0.1) is 11.3 Å². The van der Waals surface area contributed by atoms with Gasteiger partial charge in [0, 0.05) is 27.6 Å². The number of aromatic amines is 1. The molecule has 0 unspecified atom stereocenters. The number of nitriles is 1. The smallest absolute Gasteiger partial charge is 0.277 e. The van der Waals surface area contributed by atoms with E-state index in [1.807, 2.05) is 66.7 Å². The molecule has 0 atom stereocenters. The van der Waals surface area contributed by atoms with Crippen molar-refractivity contribution in [1.82, 2.24) is 20.2 Å². The number of nitrogens with zero attached hydrogens (tertiary/aromatic N) is 4. The van der Waals surface area contributed by atoms with Gasteiger partial charge in [0.15, 0.2) is 0 Å². The highest BCUT2D eigenvalue weighted by molar-refractivity contribution is 7.98. The summed E-state index contributed by atoms with van der Waals surface area (Å²) in [6, 6.07) is 29.9. The maximum Gasteiger partial charge on any atom is 0.277 e. The SMILES string of the molecule is N#Cc1cccc(CSc2nnc(-c3cc4c([nH]c5ccccc54)c(-c4ccccc4)n3)o2)c1. The molecule has 0 saturated heterocycles. The highest BCUT2D eigenvalue weighted by Crippen LogP contribution is 2.35. The largest absolute Gasteiger partial charge is 0.410 e. The molecule has 0 aliphatic rings. The van der Waals surface area contributed by atoms with Crippen LogP contribution in [0.15, 0.2) is 94.6 Å². The van der Waals surface area contributed by atoms with Crippen molar-refractivity contribution in [2.75, 3.05) is 0 Å². The van der Waals surface area contributed by atoms with E-state index in [4.69, 9.17) is 14.7 Å². The van der Waals surface area contributed by atoms with E-state index >= 15 is 0 Å². The van der Waals surface area contributed by atoms with Gasteiger partial charge < -0.3 is 9.40 Å². The Hall–Kier alpha value is -4.41. The van der Waals surface area contributed by atoms with E-state index in [1.54, 1.807) is 6.07 Å². The molecule has 0 radical (unpaired) electrons. The molecule has 1 N–H and O–H groups in total. The molecule has 6 rings (SSSR count). The van der Waals surface area contributed by atoms with Crippen LogP contribution in [0.2, 0.25) is 0 Å². The molecule has 0 amide bonds. The molecule has 0 spiro atoms. The molecular weight excluding hydrogens is 442 g/mol. The van der Waals surface area contributed by atoms with E-state index in [9.17, 15) is 0 Å². The van der Waals surface area contributed by atoms with Crippen LogP contribution in [0.1, 0.15) is 11.1 Å². The summed E-state index contributed by atoms with van der Waals surface area (Å²) in [7, 11) is 0. The third kappa shape index (κ3) is 3.70. The number of nitrogens with one attached hydrogen (secondary N) is 1. The first-order valence-corrected chi connectivity index (χ1v) is 11.7. The van der Waals surface area contributed by atoms with Crippen molar-refractivity contribution in [1.29, 1.82) is 5.26 Å². The molecule has 6 nitrogen and oxygen atoms in total. The lowest BCUT2D eigenvalue weighted by molar-refractivity contribution is 0.464. The summed E-state index contributed by atoms with van der Waals surface area (Å²) in [4.78, 5) is 8.44. The number of fused-ring (bicyclic) bond motifs is 3. The highest BCUT2D eigenvalue weighted by Gasteiger charge is 2.17. The normalized spacial score (nSPS) is 11.1. The molecular formula is C27H17N5OS. The van der Waals surface area contributed by atoms with Crippen molar-refractivity contribution in [3.8, 4) is 28.9 Å². The fourth-order valence-corrected chi connectivity index (χ4v) is 4.71. The standard InChI is InChI=1S/C27H17N5OS/c28-15-17-7-6-8-18(13-17)16-34-27-32-31-26(33-27)23-14-21-20-11-4-5-12-22(20)29-25(21)24(30-23)19-9-2-1-3-10-19/h1-14,29H,16H2. The Kier molecular flexibility index (Phi) is 5.06. The topological polar surface area (TPSA) is 91.4 Å². The number of H-pyrrole nitrogens is 1. The fraction of sp³-hybridized carbons (Fsp3) is 0.0370. The van der Waals surface area contributed by atoms with Gasteiger partial charge >= 0.3 is 0 Å². The lowest BCUT2D eigenvalue weighted by Gasteiger charge is -2.05. The van der Waals surface area contributed by atoms with Crippen molar-refractivity contribution in [2.24, 2.45) is 0 Å². The molecule has 3 aromatic carbocycles. The maximum absolute atomic E-state index is 9.10. The summed E-state index contributed by atoms with van der Waals surface area (Å²) in [6.45, 7) is 0. The van der Waals surface area contributed by atoms with Gasteiger partial charge in [-0.2, -0.15) is 5.26 Å². The molecule has 0 aliphatic heterocycles. The summed E-state index contributed by atoms with van der Waals surface area (Å²) in [5, 5.41) is 20.2. The molecule has 34 heavy (non-hydrogen) atoms. The van der Waals surface area contributed by atoms with Crippen LogP contribution in [0.4, 0.5) is 0 Å². The van der Waals surface area contributed by atoms with Crippen molar-refractivity contribution in [3.63, 3.8) is 0 Å². The van der Waals surface area contributed by atoms with Crippen molar-refractivity contribution in [2.45, 2.75) is 11.0 Å². The van der Waals surface area contributed by atoms with Crippen LogP contribution in [-0.4, -0.2) is 20.2 Å². The van der Waals surface area contributed by atoms with Crippen molar-refractivity contribution in [3.05, 3.63) is 96.1 Å². The molecule has 0 aliphatic carbocycles. The van der Waals surface area contributed by atoms with E-state index in [-0.39, 0.29) is 0 Å². The third-order valence-electron chi connectivity index (χ3n) is 5.59. The van der Waals surface area contributed by atoms with Crippen LogP contribution in [0.25, 0.3) is 44.6 Å². The van der Waals surface area contributed by atoms with Gasteiger partial charge in [-0.25, -0.2) is 4.98 Å². The number of aromatic nitrogens is 4. The minimum atomic E-state index is 0.373. The number of benzene rings is 3. The molecule has 7 heteroatoms. The second kappa shape index (κ2) is 8.50. The number of pyridine rings is 1. The summed E-state index contributed by atoms with van der Waals surface area (Å²) in [5.74, 6) is 0.999. The van der Waals surface area contributed by atoms with Gasteiger partial charge in [-0.15, -0.1) is 10.2 Å². The summed E-state index contributed by atoms with van der Waals surface area (Å²) in [6.07, 6.45) is 0. The van der Waals surface area contributed by atoms with E-state index in [1.165, 1.54) is 11.8 Å². The minimum absolute atomic E-state index is 0.373. The predicted molar refractivity (Wildman–Crippen MR) is 133 cm³/mol. The Morgan fingerprint density at radius 1 is 0.882 bits per heavy atom. The number of para-hydroxylation sites is 1. The molecule has 3 aromatic heterocycles. The fourth-order valence-electron chi connectivity index (χ4n) is 4.01. The predicted octanol–water partition coefficient (Wildman–Crippen LogP) is 6.60. The average molecular weight is 460 g/mol. The van der Waals surface area contributed by atoms with Crippen LogP contribution in [0.5, 0.6) is 0 Å². The van der Waals surface area contributed by atoms with Gasteiger partial charge in [0.1, 0.15) is 5.69 Å². The zero-order valence-corrected chi connectivity index (χ0v) is 18.7. The second-order valence-electron chi connectivity index (χ2n) is 7.79. The zero-order chi connectivity index (χ0) is 22.9. The number of rotatable bonds is 5. The average Bonchev–Trinajstić information content (AvgIpc) is 3.52. The number of hydrogen-bond donors (Lipinski definition) is 1. The molecule has 0 fully saturated rings. The molecule has 162 valence electrons. The summed E-state index contributed by atoms with van der Waals surface area (Å²) >= 11 is 1.43. The monoisotopic (exact) mass is 459 g/mol. The van der Waals surface area contributed by atoms with Crippen molar-refractivity contribution >= 4 is 33.6 Å². The quantitative estimate of drug-likeness (QED) is 0.292. The highest BCUT2D eigenvalue weighted by atomic mass is 32.2. The van der Waals surface area contributed by atoms with E-state index in [2.05, 4.69) is 33.4 Å².